The molecule has 100 valence electrons. The number of hydrogen-bond donors (Lipinski definition) is 1. The Bertz CT molecular complexity index is 560. The normalized spacial score (nSPS) is 10.7. The van der Waals surface area contributed by atoms with Gasteiger partial charge in [0, 0.05) is 0 Å². The van der Waals surface area contributed by atoms with Crippen molar-refractivity contribution >= 4 is 28.0 Å². The first kappa shape index (κ1) is 15.1. The van der Waals surface area contributed by atoms with Gasteiger partial charge in [0.15, 0.2) is 11.5 Å². The Morgan fingerprint density at radius 2 is 2.26 bits per heavy atom. The van der Waals surface area contributed by atoms with Crippen LogP contribution in [0, 0.1) is 11.3 Å². The Balaban J connectivity index is 3.30. The molecule has 0 saturated heterocycles. The van der Waals surface area contributed by atoms with E-state index in [2.05, 4.69) is 15.9 Å². The summed E-state index contributed by atoms with van der Waals surface area (Å²) in [5.74, 6) is -0.271. The van der Waals surface area contributed by atoms with Crippen LogP contribution in [0.3, 0.4) is 0 Å². The van der Waals surface area contributed by atoms with Crippen LogP contribution >= 0.6 is 15.9 Å². The van der Waals surface area contributed by atoms with E-state index in [-0.39, 0.29) is 5.57 Å². The monoisotopic (exact) mass is 325 g/mol. The lowest BCUT2D eigenvalue weighted by atomic mass is 10.1. The molecule has 0 aromatic heterocycles. The zero-order valence-electron chi connectivity index (χ0n) is 10.4. The molecule has 0 saturated carbocycles. The van der Waals surface area contributed by atoms with Gasteiger partial charge in [0.25, 0.3) is 0 Å². The third-order valence-electron chi connectivity index (χ3n) is 2.20. The summed E-state index contributed by atoms with van der Waals surface area (Å²) >= 11 is 3.32. The van der Waals surface area contributed by atoms with Crippen molar-refractivity contribution in [3.63, 3.8) is 0 Å². The minimum atomic E-state index is -1.27. The molecule has 1 aromatic carbocycles. The van der Waals surface area contributed by atoms with Gasteiger partial charge in [-0.15, -0.1) is 0 Å². The molecule has 5 nitrogen and oxygen atoms in total. The number of benzene rings is 1. The number of hydrogen-bond acceptors (Lipinski definition) is 4. The molecular weight excluding hydrogens is 314 g/mol. The van der Waals surface area contributed by atoms with Crippen LogP contribution in [0.15, 0.2) is 22.2 Å². The molecule has 1 rings (SSSR count). The van der Waals surface area contributed by atoms with Gasteiger partial charge in [-0.3, -0.25) is 0 Å². The average Bonchev–Trinajstić information content (AvgIpc) is 2.38. The first-order valence-corrected chi connectivity index (χ1v) is 6.18. The molecule has 0 radical (unpaired) electrons. The topological polar surface area (TPSA) is 79.5 Å². The highest BCUT2D eigenvalue weighted by Crippen LogP contribution is 2.37. The van der Waals surface area contributed by atoms with Crippen molar-refractivity contribution in [1.29, 1.82) is 5.26 Å². The minimum absolute atomic E-state index is 0.349. The third-order valence-corrected chi connectivity index (χ3v) is 2.79. The first-order valence-electron chi connectivity index (χ1n) is 5.38. The molecule has 0 unspecified atom stereocenters. The number of carbonyl (C=O) groups is 1. The van der Waals surface area contributed by atoms with Gasteiger partial charge >= 0.3 is 5.97 Å². The number of carboxylic acids is 1. The number of carboxylic acid groups (broad SMARTS) is 1. The van der Waals surface area contributed by atoms with Gasteiger partial charge in [0.1, 0.15) is 11.6 Å². The summed E-state index contributed by atoms with van der Waals surface area (Å²) in [6, 6.07) is 4.89. The van der Waals surface area contributed by atoms with Gasteiger partial charge in [0.2, 0.25) is 0 Å². The van der Waals surface area contributed by atoms with Crippen LogP contribution in [0.2, 0.25) is 0 Å². The van der Waals surface area contributed by atoms with Crippen molar-refractivity contribution in [2.45, 2.75) is 6.92 Å². The molecule has 0 aliphatic carbocycles. The zero-order chi connectivity index (χ0) is 14.4. The summed E-state index contributed by atoms with van der Waals surface area (Å²) in [5.41, 5.74) is 0.184. The number of nitriles is 1. The van der Waals surface area contributed by atoms with E-state index in [9.17, 15) is 4.79 Å². The van der Waals surface area contributed by atoms with Crippen LogP contribution in [0.25, 0.3) is 6.08 Å². The van der Waals surface area contributed by atoms with Crippen LogP contribution in [0.5, 0.6) is 11.5 Å². The van der Waals surface area contributed by atoms with Gasteiger partial charge in [-0.2, -0.15) is 5.26 Å². The van der Waals surface area contributed by atoms with E-state index in [1.165, 1.54) is 13.2 Å². The van der Waals surface area contributed by atoms with Crippen molar-refractivity contribution < 1.29 is 19.4 Å². The second-order valence-corrected chi connectivity index (χ2v) is 4.30. The van der Waals surface area contributed by atoms with E-state index in [1.54, 1.807) is 18.2 Å². The average molecular weight is 326 g/mol. The Kier molecular flexibility index (Phi) is 5.39. The second kappa shape index (κ2) is 6.81. The third kappa shape index (κ3) is 3.73. The SMILES string of the molecule is CCOc1c(Br)cc(C=C(C#N)C(=O)O)cc1OC. The van der Waals surface area contributed by atoms with Crippen molar-refractivity contribution in [2.24, 2.45) is 0 Å². The van der Waals surface area contributed by atoms with Crippen LogP contribution in [0.1, 0.15) is 12.5 Å². The maximum Gasteiger partial charge on any atom is 0.346 e. The highest BCUT2D eigenvalue weighted by Gasteiger charge is 2.12. The molecule has 6 heteroatoms. The van der Waals surface area contributed by atoms with E-state index < -0.39 is 5.97 Å². The van der Waals surface area contributed by atoms with Crippen molar-refractivity contribution in [3.8, 4) is 17.6 Å². The highest BCUT2D eigenvalue weighted by atomic mass is 79.9. The largest absolute Gasteiger partial charge is 0.493 e. The summed E-state index contributed by atoms with van der Waals surface area (Å²) in [5, 5.41) is 17.5. The fourth-order valence-electron chi connectivity index (χ4n) is 1.42. The maximum absolute atomic E-state index is 10.8. The van der Waals surface area contributed by atoms with Crippen molar-refractivity contribution in [1.82, 2.24) is 0 Å². The number of aliphatic carboxylic acids is 1. The molecule has 0 fully saturated rings. The van der Waals surface area contributed by atoms with Crippen LogP contribution in [-0.4, -0.2) is 24.8 Å². The number of nitrogens with zero attached hydrogens (tertiary/aromatic N) is 1. The predicted molar refractivity (Wildman–Crippen MR) is 73.1 cm³/mol. The molecule has 0 heterocycles. The van der Waals surface area contributed by atoms with Crippen LogP contribution in [-0.2, 0) is 4.79 Å². The van der Waals surface area contributed by atoms with Crippen LogP contribution in [0.4, 0.5) is 0 Å². The van der Waals surface area contributed by atoms with Gasteiger partial charge in [-0.1, -0.05) is 0 Å². The van der Waals surface area contributed by atoms with Crippen LogP contribution < -0.4 is 9.47 Å². The molecule has 0 bridgehead atoms. The molecule has 0 spiro atoms. The summed E-state index contributed by atoms with van der Waals surface area (Å²) in [6.07, 6.45) is 1.27. The summed E-state index contributed by atoms with van der Waals surface area (Å²) in [6.45, 7) is 2.32. The van der Waals surface area contributed by atoms with E-state index in [1.807, 2.05) is 6.92 Å². The molecule has 1 aromatic rings. The highest BCUT2D eigenvalue weighted by molar-refractivity contribution is 9.10. The quantitative estimate of drug-likeness (QED) is 0.665. The number of ether oxygens (including phenoxy) is 2. The summed E-state index contributed by atoms with van der Waals surface area (Å²) in [7, 11) is 1.49. The maximum atomic E-state index is 10.8. The standard InChI is InChI=1S/C13H12BrNO4/c1-3-19-12-10(14)5-8(6-11(12)18-2)4-9(7-15)13(16)17/h4-6H,3H2,1-2H3,(H,16,17). The lowest BCUT2D eigenvalue weighted by Gasteiger charge is -2.12. The first-order chi connectivity index (χ1) is 9.03. The molecule has 0 atom stereocenters. The van der Waals surface area contributed by atoms with E-state index in [0.717, 1.165) is 0 Å². The molecule has 19 heavy (non-hydrogen) atoms. The molecular formula is C13H12BrNO4. The second-order valence-electron chi connectivity index (χ2n) is 3.44. The lowest BCUT2D eigenvalue weighted by molar-refractivity contribution is -0.132. The fourth-order valence-corrected chi connectivity index (χ4v) is 1.99. The predicted octanol–water partition coefficient (Wildman–Crippen LogP) is 2.85. The van der Waals surface area contributed by atoms with Gasteiger partial charge < -0.3 is 14.6 Å². The van der Waals surface area contributed by atoms with E-state index in [0.29, 0.717) is 28.1 Å². The Morgan fingerprint density at radius 3 is 2.74 bits per heavy atom. The zero-order valence-corrected chi connectivity index (χ0v) is 12.0. The summed E-state index contributed by atoms with van der Waals surface area (Å²) < 4.78 is 11.2. The van der Waals surface area contributed by atoms with Gasteiger partial charge in [0.05, 0.1) is 18.2 Å². The Labute approximate surface area is 119 Å². The number of methoxy groups -OCH3 is 1. The Morgan fingerprint density at radius 1 is 1.58 bits per heavy atom. The number of rotatable bonds is 5. The van der Waals surface area contributed by atoms with E-state index in [4.69, 9.17) is 19.8 Å². The van der Waals surface area contributed by atoms with Gasteiger partial charge in [-0.25, -0.2) is 4.79 Å². The molecule has 1 N–H and O–H groups in total. The summed E-state index contributed by atoms with van der Waals surface area (Å²) in [4.78, 5) is 10.8. The van der Waals surface area contributed by atoms with E-state index >= 15 is 0 Å². The number of halogens is 1. The van der Waals surface area contributed by atoms with Crippen molar-refractivity contribution in [3.05, 3.63) is 27.7 Å². The van der Waals surface area contributed by atoms with Gasteiger partial charge in [-0.05, 0) is 46.6 Å². The minimum Gasteiger partial charge on any atom is -0.493 e. The molecule has 0 amide bonds. The van der Waals surface area contributed by atoms with Crippen molar-refractivity contribution in [2.75, 3.05) is 13.7 Å². The smallest absolute Gasteiger partial charge is 0.346 e. The fraction of sp³-hybridized carbons (Fsp3) is 0.231. The Hall–Kier alpha value is -2.00. The molecule has 0 aliphatic heterocycles. The lowest BCUT2D eigenvalue weighted by Crippen LogP contribution is -1.99. The molecule has 0 aliphatic rings.